The minimum atomic E-state index is -0.681. The van der Waals surface area contributed by atoms with Crippen LogP contribution < -0.4 is 10.9 Å². The minimum Gasteiger partial charge on any atom is -0.507 e. The van der Waals surface area contributed by atoms with Gasteiger partial charge in [0.2, 0.25) is 0 Å². The number of aromatic hydroxyl groups is 2. The summed E-state index contributed by atoms with van der Waals surface area (Å²) in [5.74, 6) is -1.60. The molecule has 5 aromatic rings. The van der Waals surface area contributed by atoms with Gasteiger partial charge in [0.1, 0.15) is 11.5 Å². The van der Waals surface area contributed by atoms with Gasteiger partial charge in [-0.3, -0.25) is 9.59 Å². The van der Waals surface area contributed by atoms with E-state index in [1.807, 2.05) is 48.5 Å². The Morgan fingerprint density at radius 2 is 1.05 bits per heavy atom. The summed E-state index contributed by atoms with van der Waals surface area (Å²) in [6.45, 7) is 0. The zero-order valence-electron chi connectivity index (χ0n) is 19.3. The van der Waals surface area contributed by atoms with Crippen molar-refractivity contribution in [2.24, 2.45) is 10.2 Å². The van der Waals surface area contributed by atoms with Crippen molar-refractivity contribution in [1.82, 2.24) is 10.9 Å². The highest BCUT2D eigenvalue weighted by Gasteiger charge is 2.15. The number of amides is 2. The Hall–Kier alpha value is -5.44. The first-order chi connectivity index (χ1) is 18.0. The van der Waals surface area contributed by atoms with Crippen LogP contribution in [-0.4, -0.2) is 34.5 Å². The van der Waals surface area contributed by atoms with Crippen LogP contribution in [-0.2, 0) is 0 Å². The van der Waals surface area contributed by atoms with Gasteiger partial charge in [0.05, 0.1) is 12.4 Å². The molecule has 9 nitrogen and oxygen atoms in total. The van der Waals surface area contributed by atoms with Crippen LogP contribution in [0.3, 0.4) is 0 Å². The molecule has 9 heteroatoms. The molecule has 1 aromatic heterocycles. The first-order valence-electron chi connectivity index (χ1n) is 11.2. The molecule has 0 atom stereocenters. The Bertz CT molecular complexity index is 1580. The number of phenols is 2. The van der Waals surface area contributed by atoms with E-state index >= 15 is 0 Å². The Kier molecular flexibility index (Phi) is 6.33. The number of nitrogens with one attached hydrogen (secondary N) is 2. The van der Waals surface area contributed by atoms with Crippen molar-refractivity contribution in [3.8, 4) is 11.5 Å². The number of phenolic OH excluding ortho intramolecular Hbond substituents is 2. The Morgan fingerprint density at radius 3 is 1.51 bits per heavy atom. The molecule has 2 amide bonds. The molecule has 0 saturated heterocycles. The molecule has 5 rings (SSSR count). The highest BCUT2D eigenvalue weighted by atomic mass is 16.4. The van der Waals surface area contributed by atoms with Crippen LogP contribution in [0.25, 0.3) is 21.5 Å². The lowest BCUT2D eigenvalue weighted by atomic mass is 10.0. The molecule has 0 aliphatic carbocycles. The van der Waals surface area contributed by atoms with E-state index in [1.54, 1.807) is 24.3 Å². The van der Waals surface area contributed by atoms with Crippen molar-refractivity contribution < 1.29 is 24.2 Å². The SMILES string of the molecule is O=C(N/N=C/c1c(O)ccc2ccccc12)c1ccc(C(=O)N/N=C/c2c(O)ccc3ccccc23)o1. The van der Waals surface area contributed by atoms with E-state index < -0.39 is 11.8 Å². The number of carbonyl (C=O) groups is 2. The Morgan fingerprint density at radius 1 is 0.622 bits per heavy atom. The minimum absolute atomic E-state index is 0.0195. The van der Waals surface area contributed by atoms with E-state index in [0.29, 0.717) is 11.1 Å². The molecule has 1 heterocycles. The monoisotopic (exact) mass is 492 g/mol. The third kappa shape index (κ3) is 4.87. The summed E-state index contributed by atoms with van der Waals surface area (Å²) in [5.41, 5.74) is 5.54. The summed E-state index contributed by atoms with van der Waals surface area (Å²) in [7, 11) is 0. The number of rotatable bonds is 6. The fourth-order valence-electron chi connectivity index (χ4n) is 3.84. The van der Waals surface area contributed by atoms with E-state index in [0.717, 1.165) is 21.5 Å². The molecule has 0 aliphatic rings. The van der Waals surface area contributed by atoms with Crippen molar-refractivity contribution in [3.05, 3.63) is 108 Å². The zero-order chi connectivity index (χ0) is 25.8. The van der Waals surface area contributed by atoms with Crippen LogP contribution in [0, 0.1) is 0 Å². The third-order valence-electron chi connectivity index (χ3n) is 5.67. The second-order valence-electron chi connectivity index (χ2n) is 8.00. The smallest absolute Gasteiger partial charge is 0.307 e. The molecule has 0 fully saturated rings. The second-order valence-corrected chi connectivity index (χ2v) is 8.00. The van der Waals surface area contributed by atoms with Crippen LogP contribution in [0.15, 0.2) is 99.5 Å². The highest BCUT2D eigenvalue weighted by Crippen LogP contribution is 2.26. The maximum atomic E-state index is 12.4. The number of hydrazone groups is 2. The van der Waals surface area contributed by atoms with Crippen molar-refractivity contribution in [3.63, 3.8) is 0 Å². The highest BCUT2D eigenvalue weighted by molar-refractivity contribution is 6.04. The summed E-state index contributed by atoms with van der Waals surface area (Å²) in [4.78, 5) is 24.8. The molecule has 4 N–H and O–H groups in total. The Labute approximate surface area is 210 Å². The van der Waals surface area contributed by atoms with Gasteiger partial charge in [-0.2, -0.15) is 10.2 Å². The molecule has 0 radical (unpaired) electrons. The predicted octanol–water partition coefficient (Wildman–Crippen LogP) is 4.53. The lowest BCUT2D eigenvalue weighted by Gasteiger charge is -2.04. The van der Waals surface area contributed by atoms with Gasteiger partial charge in [-0.25, -0.2) is 10.9 Å². The molecule has 37 heavy (non-hydrogen) atoms. The number of benzene rings is 4. The maximum absolute atomic E-state index is 12.4. The average Bonchev–Trinajstić information content (AvgIpc) is 3.42. The summed E-state index contributed by atoms with van der Waals surface area (Å²) >= 11 is 0. The molecule has 0 bridgehead atoms. The van der Waals surface area contributed by atoms with Gasteiger partial charge >= 0.3 is 11.8 Å². The normalized spacial score (nSPS) is 11.5. The fraction of sp³-hybridized carbons (Fsp3) is 0. The standard InChI is InChI=1S/C28H20N4O5/c33-23-11-9-17-5-1-3-7-19(17)21(23)15-29-31-27(35)25-13-14-26(37-25)28(36)32-30-16-22-20-8-4-2-6-18(20)10-12-24(22)34/h1-16,33-34H,(H,31,35)(H,32,36)/b29-15+,30-16+. The maximum Gasteiger partial charge on any atom is 0.307 e. The molecule has 182 valence electrons. The molecule has 4 aromatic carbocycles. The zero-order valence-corrected chi connectivity index (χ0v) is 19.3. The molecular weight excluding hydrogens is 472 g/mol. The van der Waals surface area contributed by atoms with Gasteiger partial charge in [-0.15, -0.1) is 0 Å². The lowest BCUT2D eigenvalue weighted by Crippen LogP contribution is -2.18. The first-order valence-corrected chi connectivity index (χ1v) is 11.2. The average molecular weight is 492 g/mol. The van der Waals surface area contributed by atoms with Gasteiger partial charge in [-0.05, 0) is 45.8 Å². The quantitative estimate of drug-likeness (QED) is 0.204. The fourth-order valence-corrected chi connectivity index (χ4v) is 3.84. The number of carbonyl (C=O) groups excluding carboxylic acids is 2. The summed E-state index contributed by atoms with van der Waals surface area (Å²) in [5, 5.41) is 31.5. The van der Waals surface area contributed by atoms with Gasteiger partial charge in [0.15, 0.2) is 11.5 Å². The summed E-state index contributed by atoms with van der Waals surface area (Å²) < 4.78 is 5.33. The molecule has 0 aliphatic heterocycles. The van der Waals surface area contributed by atoms with Crippen LogP contribution in [0.1, 0.15) is 32.2 Å². The van der Waals surface area contributed by atoms with Crippen molar-refractivity contribution >= 4 is 45.8 Å². The van der Waals surface area contributed by atoms with E-state index in [-0.39, 0.29) is 23.0 Å². The number of nitrogens with zero attached hydrogens (tertiary/aromatic N) is 2. The number of hydrogen-bond acceptors (Lipinski definition) is 7. The van der Waals surface area contributed by atoms with Gasteiger partial charge in [0.25, 0.3) is 0 Å². The van der Waals surface area contributed by atoms with Gasteiger partial charge < -0.3 is 14.6 Å². The lowest BCUT2D eigenvalue weighted by molar-refractivity contribution is 0.0902. The largest absolute Gasteiger partial charge is 0.507 e. The van der Waals surface area contributed by atoms with Crippen molar-refractivity contribution in [1.29, 1.82) is 0 Å². The number of furan rings is 1. The first kappa shape index (κ1) is 23.3. The topological polar surface area (TPSA) is 137 Å². The van der Waals surface area contributed by atoms with Crippen molar-refractivity contribution in [2.75, 3.05) is 0 Å². The van der Waals surface area contributed by atoms with E-state index in [9.17, 15) is 19.8 Å². The summed E-state index contributed by atoms with van der Waals surface area (Å²) in [6.07, 6.45) is 2.67. The molecule has 0 saturated carbocycles. The van der Waals surface area contributed by atoms with Crippen LogP contribution in [0.5, 0.6) is 11.5 Å². The Balaban J connectivity index is 1.24. The van der Waals surface area contributed by atoms with Gasteiger partial charge in [-0.1, -0.05) is 60.7 Å². The van der Waals surface area contributed by atoms with Crippen molar-refractivity contribution in [2.45, 2.75) is 0 Å². The summed E-state index contributed by atoms with van der Waals surface area (Å²) in [6, 6.07) is 24.2. The number of hydrogen-bond donors (Lipinski definition) is 4. The van der Waals surface area contributed by atoms with Gasteiger partial charge in [0, 0.05) is 11.1 Å². The van der Waals surface area contributed by atoms with Crippen LogP contribution in [0.2, 0.25) is 0 Å². The van der Waals surface area contributed by atoms with E-state index in [2.05, 4.69) is 21.1 Å². The third-order valence-corrected chi connectivity index (χ3v) is 5.67. The number of fused-ring (bicyclic) bond motifs is 2. The molecular formula is C28H20N4O5. The molecule has 0 unspecified atom stereocenters. The van der Waals surface area contributed by atoms with E-state index in [4.69, 9.17) is 4.42 Å². The molecule has 0 spiro atoms. The second kappa shape index (κ2) is 10.0. The van der Waals surface area contributed by atoms with Crippen LogP contribution >= 0.6 is 0 Å². The predicted molar refractivity (Wildman–Crippen MR) is 140 cm³/mol. The van der Waals surface area contributed by atoms with E-state index in [1.165, 1.54) is 24.6 Å². The van der Waals surface area contributed by atoms with Crippen LogP contribution in [0.4, 0.5) is 0 Å².